The minimum Gasteiger partial charge on any atom is -0.121 e. The third-order valence-corrected chi connectivity index (χ3v) is 6.45. The van der Waals surface area contributed by atoms with Gasteiger partial charge in [0.15, 0.2) is 0 Å². The topological polar surface area (TPSA) is 0 Å². The number of hydrogen-bond donors (Lipinski definition) is 0. The van der Waals surface area contributed by atoms with E-state index in [1.54, 1.807) is 11.3 Å². The maximum Gasteiger partial charge on any atom is 0.0757 e. The molecule has 0 nitrogen and oxygen atoms in total. The summed E-state index contributed by atoms with van der Waals surface area (Å²) in [5.41, 5.74) is 4.13. The quantitative estimate of drug-likeness (QED) is 0.539. The van der Waals surface area contributed by atoms with Crippen molar-refractivity contribution in [3.05, 3.63) is 54.6 Å². The van der Waals surface area contributed by atoms with E-state index in [9.17, 15) is 0 Å². The van der Waals surface area contributed by atoms with Crippen molar-refractivity contribution in [2.24, 2.45) is 5.92 Å². The van der Waals surface area contributed by atoms with Crippen LogP contribution in [0.2, 0.25) is 0 Å². The summed E-state index contributed by atoms with van der Waals surface area (Å²) in [6, 6.07) is 10.8. The highest BCUT2D eigenvalue weighted by Gasteiger charge is 2.30. The fraction of sp³-hybridized carbons (Fsp3) is 0.286. The first kappa shape index (κ1) is 13.2. The van der Waals surface area contributed by atoms with Crippen molar-refractivity contribution in [3.8, 4) is 0 Å². The summed E-state index contributed by atoms with van der Waals surface area (Å²) in [7, 11) is 0. The molecule has 1 atom stereocenters. The Bertz CT molecular complexity index is 554. The number of thiophene rings is 1. The van der Waals surface area contributed by atoms with Crippen LogP contribution in [-0.4, -0.2) is 0 Å². The van der Waals surface area contributed by atoms with Crippen LogP contribution >= 0.6 is 54.8 Å². The van der Waals surface area contributed by atoms with Crippen LogP contribution in [0.1, 0.15) is 22.1 Å². The molecular formula is C14H11Br2ClS. The van der Waals surface area contributed by atoms with Crippen LogP contribution in [0.15, 0.2) is 37.9 Å². The highest BCUT2D eigenvalue weighted by atomic mass is 79.9. The Labute approximate surface area is 133 Å². The van der Waals surface area contributed by atoms with Gasteiger partial charge in [0.1, 0.15) is 0 Å². The molecule has 4 heteroatoms. The molecule has 3 rings (SSSR count). The van der Waals surface area contributed by atoms with Crippen LogP contribution < -0.4 is 0 Å². The van der Waals surface area contributed by atoms with Crippen molar-refractivity contribution >= 4 is 54.8 Å². The second-order valence-electron chi connectivity index (χ2n) is 4.62. The molecule has 2 aromatic rings. The van der Waals surface area contributed by atoms with Crippen molar-refractivity contribution in [1.29, 1.82) is 0 Å². The normalized spacial score (nSPS) is 16.8. The zero-order chi connectivity index (χ0) is 12.7. The summed E-state index contributed by atoms with van der Waals surface area (Å²) in [6.45, 7) is 0. The molecule has 1 aromatic heterocycles. The zero-order valence-corrected chi connectivity index (χ0v) is 14.2. The summed E-state index contributed by atoms with van der Waals surface area (Å²) in [4.78, 5) is 0. The average Bonchev–Trinajstić information content (AvgIpc) is 2.91. The first-order chi connectivity index (χ1) is 8.65. The molecule has 0 aliphatic heterocycles. The van der Waals surface area contributed by atoms with Gasteiger partial charge in [-0.2, -0.15) is 0 Å². The van der Waals surface area contributed by atoms with Gasteiger partial charge in [0.25, 0.3) is 0 Å². The van der Waals surface area contributed by atoms with E-state index < -0.39 is 0 Å². The Morgan fingerprint density at radius 1 is 1.17 bits per heavy atom. The predicted molar refractivity (Wildman–Crippen MR) is 85.7 cm³/mol. The van der Waals surface area contributed by atoms with Crippen molar-refractivity contribution in [2.45, 2.75) is 18.2 Å². The van der Waals surface area contributed by atoms with E-state index in [1.807, 2.05) is 0 Å². The van der Waals surface area contributed by atoms with Crippen LogP contribution in [-0.2, 0) is 12.8 Å². The molecule has 1 heterocycles. The third kappa shape index (κ3) is 2.43. The molecule has 0 spiro atoms. The van der Waals surface area contributed by atoms with Gasteiger partial charge in [0.2, 0.25) is 0 Å². The molecule has 1 unspecified atom stereocenters. The van der Waals surface area contributed by atoms with Gasteiger partial charge in [-0.1, -0.05) is 24.3 Å². The van der Waals surface area contributed by atoms with Gasteiger partial charge in [-0.15, -0.1) is 22.9 Å². The van der Waals surface area contributed by atoms with Gasteiger partial charge in [0.05, 0.1) is 12.9 Å². The van der Waals surface area contributed by atoms with Gasteiger partial charge >= 0.3 is 0 Å². The summed E-state index contributed by atoms with van der Waals surface area (Å²) in [5, 5.41) is 0.0781. The van der Waals surface area contributed by atoms with Gasteiger partial charge in [0, 0.05) is 0 Å². The summed E-state index contributed by atoms with van der Waals surface area (Å²) < 4.78 is 2.27. The third-order valence-electron chi connectivity index (χ3n) is 3.48. The van der Waals surface area contributed by atoms with Gasteiger partial charge in [-0.25, -0.2) is 0 Å². The highest BCUT2D eigenvalue weighted by Crippen LogP contribution is 2.45. The SMILES string of the molecule is ClC(c1cc(Br)sc1Br)C1Cc2ccccc2C1. The van der Waals surface area contributed by atoms with E-state index in [0.717, 1.165) is 20.4 Å². The Kier molecular flexibility index (Phi) is 3.86. The molecule has 1 aliphatic rings. The Balaban J connectivity index is 1.84. The fourth-order valence-corrected chi connectivity index (χ4v) is 6.07. The largest absolute Gasteiger partial charge is 0.121 e. The zero-order valence-electron chi connectivity index (χ0n) is 9.50. The van der Waals surface area contributed by atoms with Crippen molar-refractivity contribution in [2.75, 3.05) is 0 Å². The number of alkyl halides is 1. The average molecular weight is 407 g/mol. The monoisotopic (exact) mass is 404 g/mol. The second kappa shape index (κ2) is 5.28. The Hall–Kier alpha value is 0.170. The van der Waals surface area contributed by atoms with Crippen LogP contribution in [0.3, 0.4) is 0 Å². The van der Waals surface area contributed by atoms with Crippen LogP contribution in [0.25, 0.3) is 0 Å². The molecule has 0 radical (unpaired) electrons. The number of hydrogen-bond acceptors (Lipinski definition) is 1. The second-order valence-corrected chi connectivity index (χ2v) is 8.84. The van der Waals surface area contributed by atoms with Crippen LogP contribution in [0.5, 0.6) is 0 Å². The number of benzene rings is 1. The molecule has 18 heavy (non-hydrogen) atoms. The molecule has 0 amide bonds. The Morgan fingerprint density at radius 2 is 1.78 bits per heavy atom. The van der Waals surface area contributed by atoms with Gasteiger partial charge in [-0.3, -0.25) is 0 Å². The maximum atomic E-state index is 6.68. The Morgan fingerprint density at radius 3 is 2.28 bits per heavy atom. The maximum absolute atomic E-state index is 6.68. The molecule has 1 aliphatic carbocycles. The van der Waals surface area contributed by atoms with Crippen LogP contribution in [0, 0.1) is 5.92 Å². The number of halogens is 3. The smallest absolute Gasteiger partial charge is 0.0757 e. The van der Waals surface area contributed by atoms with E-state index in [0.29, 0.717) is 5.92 Å². The summed E-state index contributed by atoms with van der Waals surface area (Å²) in [6.07, 6.45) is 2.18. The summed E-state index contributed by atoms with van der Waals surface area (Å²) >= 11 is 15.5. The van der Waals surface area contributed by atoms with Crippen molar-refractivity contribution in [1.82, 2.24) is 0 Å². The predicted octanol–water partition coefficient (Wildman–Crippen LogP) is 5.97. The fourth-order valence-electron chi connectivity index (χ4n) is 2.59. The van der Waals surface area contributed by atoms with E-state index in [1.165, 1.54) is 16.7 Å². The van der Waals surface area contributed by atoms with Crippen molar-refractivity contribution in [3.63, 3.8) is 0 Å². The number of rotatable bonds is 2. The lowest BCUT2D eigenvalue weighted by Crippen LogP contribution is -2.07. The minimum atomic E-state index is 0.0781. The van der Waals surface area contributed by atoms with Crippen molar-refractivity contribution < 1.29 is 0 Å². The van der Waals surface area contributed by atoms with E-state index in [2.05, 4.69) is 62.2 Å². The minimum absolute atomic E-state index is 0.0781. The van der Waals surface area contributed by atoms with Gasteiger partial charge < -0.3 is 0 Å². The first-order valence-electron chi connectivity index (χ1n) is 5.80. The lowest BCUT2D eigenvalue weighted by atomic mass is 9.98. The lowest BCUT2D eigenvalue weighted by molar-refractivity contribution is 0.541. The molecule has 0 fully saturated rings. The first-order valence-corrected chi connectivity index (χ1v) is 8.64. The molecular weight excluding hydrogens is 395 g/mol. The molecule has 1 aromatic carbocycles. The lowest BCUT2D eigenvalue weighted by Gasteiger charge is -2.16. The van der Waals surface area contributed by atoms with E-state index >= 15 is 0 Å². The molecule has 0 saturated carbocycles. The number of fused-ring (bicyclic) bond motifs is 1. The van der Waals surface area contributed by atoms with Gasteiger partial charge in [-0.05, 0) is 73.4 Å². The molecule has 0 bridgehead atoms. The highest BCUT2D eigenvalue weighted by molar-refractivity contribution is 9.12. The molecule has 0 N–H and O–H groups in total. The molecule has 0 saturated heterocycles. The standard InChI is InChI=1S/C14H11Br2ClS/c15-12-7-11(14(16)18-12)13(17)10-5-8-3-1-2-4-9(8)6-10/h1-4,7,10,13H,5-6H2. The summed E-state index contributed by atoms with van der Waals surface area (Å²) in [5.74, 6) is 0.502. The molecule has 94 valence electrons. The van der Waals surface area contributed by atoms with E-state index in [4.69, 9.17) is 11.6 Å². The van der Waals surface area contributed by atoms with E-state index in [-0.39, 0.29) is 5.38 Å². The van der Waals surface area contributed by atoms with Crippen LogP contribution in [0.4, 0.5) is 0 Å².